The van der Waals surface area contributed by atoms with Gasteiger partial charge in [0.1, 0.15) is 11.5 Å². The van der Waals surface area contributed by atoms with Crippen LogP contribution in [0.1, 0.15) is 59.3 Å². The van der Waals surface area contributed by atoms with Crippen molar-refractivity contribution in [3.05, 3.63) is 58.5 Å². The summed E-state index contributed by atoms with van der Waals surface area (Å²) < 4.78 is 5.80. The molecule has 0 saturated carbocycles. The Morgan fingerprint density at radius 2 is 2.17 bits per heavy atom. The summed E-state index contributed by atoms with van der Waals surface area (Å²) in [6.07, 6.45) is 1.75. The Bertz CT molecular complexity index is 796. The first kappa shape index (κ1) is 15.4. The summed E-state index contributed by atoms with van der Waals surface area (Å²) in [5, 5.41) is 12.1. The summed E-state index contributed by atoms with van der Waals surface area (Å²) in [7, 11) is 0. The molecule has 1 amide bonds. The maximum absolute atomic E-state index is 12.6. The highest BCUT2D eigenvalue weighted by atomic mass is 16.3. The lowest BCUT2D eigenvalue weighted by molar-refractivity contribution is 0.0917. The van der Waals surface area contributed by atoms with E-state index in [9.17, 15) is 4.79 Å². The van der Waals surface area contributed by atoms with Gasteiger partial charge in [-0.2, -0.15) is 5.26 Å². The van der Waals surface area contributed by atoms with Crippen LogP contribution in [0.15, 0.2) is 34.7 Å². The molecule has 0 spiro atoms. The van der Waals surface area contributed by atoms with Gasteiger partial charge in [-0.1, -0.05) is 19.9 Å². The van der Waals surface area contributed by atoms with Crippen LogP contribution in [0.5, 0.6) is 0 Å². The number of nitrogens with zero attached hydrogens (tertiary/aromatic N) is 1. The smallest absolute Gasteiger partial charge is 0.251 e. The first-order chi connectivity index (χ1) is 10.9. The van der Waals surface area contributed by atoms with E-state index in [-0.39, 0.29) is 17.4 Å². The molecule has 0 bridgehead atoms. The fourth-order valence-corrected chi connectivity index (χ4v) is 3.28. The molecule has 2 aromatic rings. The summed E-state index contributed by atoms with van der Waals surface area (Å²) in [5.74, 6) is 1.68. The van der Waals surface area contributed by atoms with Gasteiger partial charge in [0, 0.05) is 17.5 Å². The second kappa shape index (κ2) is 5.58. The Morgan fingerprint density at radius 1 is 1.39 bits per heavy atom. The number of benzene rings is 1. The summed E-state index contributed by atoms with van der Waals surface area (Å²) >= 11 is 0. The normalized spacial score (nSPS) is 18.8. The van der Waals surface area contributed by atoms with Crippen LogP contribution in [0.3, 0.4) is 0 Å². The number of amides is 1. The van der Waals surface area contributed by atoms with Crippen LogP contribution in [0, 0.1) is 23.7 Å². The van der Waals surface area contributed by atoms with Crippen molar-refractivity contribution in [2.24, 2.45) is 5.41 Å². The average molecular weight is 308 g/mol. The summed E-state index contributed by atoms with van der Waals surface area (Å²) in [5.41, 5.74) is 2.14. The van der Waals surface area contributed by atoms with E-state index in [1.54, 1.807) is 24.3 Å². The topological polar surface area (TPSA) is 66.0 Å². The van der Waals surface area contributed by atoms with Gasteiger partial charge in [0.2, 0.25) is 0 Å². The molecule has 1 aliphatic carbocycles. The van der Waals surface area contributed by atoms with Crippen molar-refractivity contribution >= 4 is 5.91 Å². The number of hydrogen-bond donors (Lipinski definition) is 1. The molecule has 0 radical (unpaired) electrons. The minimum Gasteiger partial charge on any atom is -0.466 e. The van der Waals surface area contributed by atoms with E-state index in [1.165, 1.54) is 0 Å². The lowest BCUT2D eigenvalue weighted by Crippen LogP contribution is -2.36. The summed E-state index contributed by atoms with van der Waals surface area (Å²) in [6.45, 7) is 6.30. The number of nitriles is 1. The van der Waals surface area contributed by atoms with Crippen LogP contribution in [0.2, 0.25) is 0 Å². The van der Waals surface area contributed by atoms with Crippen molar-refractivity contribution in [3.8, 4) is 6.07 Å². The van der Waals surface area contributed by atoms with Gasteiger partial charge < -0.3 is 9.73 Å². The van der Waals surface area contributed by atoms with E-state index in [0.717, 1.165) is 29.9 Å². The van der Waals surface area contributed by atoms with Crippen LogP contribution < -0.4 is 5.32 Å². The molecule has 3 rings (SSSR count). The molecule has 0 unspecified atom stereocenters. The first-order valence-electron chi connectivity index (χ1n) is 7.78. The minimum absolute atomic E-state index is 0.0653. The van der Waals surface area contributed by atoms with Gasteiger partial charge in [-0.15, -0.1) is 0 Å². The third kappa shape index (κ3) is 3.14. The van der Waals surface area contributed by atoms with Gasteiger partial charge in [0.15, 0.2) is 0 Å². The Hall–Kier alpha value is -2.54. The molecular formula is C19H20N2O2. The fraction of sp³-hybridized carbons (Fsp3) is 0.368. The fourth-order valence-electron chi connectivity index (χ4n) is 3.28. The molecule has 0 aliphatic heterocycles. The van der Waals surface area contributed by atoms with E-state index >= 15 is 0 Å². The van der Waals surface area contributed by atoms with E-state index in [4.69, 9.17) is 9.68 Å². The summed E-state index contributed by atoms with van der Waals surface area (Å²) in [6, 6.07) is 10.8. The molecule has 1 aromatic heterocycles. The average Bonchev–Trinajstić information content (AvgIpc) is 2.86. The Labute approximate surface area is 136 Å². The molecule has 1 heterocycles. The Morgan fingerprint density at radius 3 is 2.91 bits per heavy atom. The van der Waals surface area contributed by atoms with E-state index < -0.39 is 0 Å². The highest BCUT2D eigenvalue weighted by Crippen LogP contribution is 2.42. The van der Waals surface area contributed by atoms with Gasteiger partial charge >= 0.3 is 0 Å². The highest BCUT2D eigenvalue weighted by molar-refractivity contribution is 5.94. The van der Waals surface area contributed by atoms with Crippen LogP contribution in [0.4, 0.5) is 0 Å². The SMILES string of the molecule is Cc1cc2c(o1)CC(C)(C)C[C@H]2NC(=O)c1cccc(C#N)c1. The van der Waals surface area contributed by atoms with Crippen LogP contribution in [-0.4, -0.2) is 5.91 Å². The Balaban J connectivity index is 1.87. The maximum Gasteiger partial charge on any atom is 0.251 e. The monoisotopic (exact) mass is 308 g/mol. The van der Waals surface area contributed by atoms with Crippen LogP contribution >= 0.6 is 0 Å². The number of furan rings is 1. The molecule has 0 saturated heterocycles. The summed E-state index contributed by atoms with van der Waals surface area (Å²) in [4.78, 5) is 12.6. The van der Waals surface area contributed by atoms with Crippen molar-refractivity contribution in [2.45, 2.75) is 39.7 Å². The van der Waals surface area contributed by atoms with Gasteiger partial charge in [-0.3, -0.25) is 4.79 Å². The first-order valence-corrected chi connectivity index (χ1v) is 7.78. The minimum atomic E-state index is -0.158. The highest BCUT2D eigenvalue weighted by Gasteiger charge is 2.35. The van der Waals surface area contributed by atoms with E-state index in [2.05, 4.69) is 25.2 Å². The number of hydrogen-bond acceptors (Lipinski definition) is 3. The van der Waals surface area contributed by atoms with Gasteiger partial charge in [0.05, 0.1) is 17.7 Å². The van der Waals surface area contributed by atoms with Gasteiger partial charge in [-0.05, 0) is 43.0 Å². The second-order valence-corrected chi connectivity index (χ2v) is 7.00. The number of fused-ring (bicyclic) bond motifs is 1. The molecule has 118 valence electrons. The zero-order chi connectivity index (χ0) is 16.6. The molecule has 0 fully saturated rings. The lowest BCUT2D eigenvalue weighted by Gasteiger charge is -2.34. The number of carbonyl (C=O) groups is 1. The van der Waals surface area contributed by atoms with E-state index in [1.807, 2.05) is 13.0 Å². The second-order valence-electron chi connectivity index (χ2n) is 7.00. The third-order valence-corrected chi connectivity index (χ3v) is 4.30. The van der Waals surface area contributed by atoms with Crippen molar-refractivity contribution < 1.29 is 9.21 Å². The Kier molecular flexibility index (Phi) is 3.73. The van der Waals surface area contributed by atoms with Crippen LogP contribution in [0.25, 0.3) is 0 Å². The van der Waals surface area contributed by atoms with Crippen molar-refractivity contribution in [1.29, 1.82) is 5.26 Å². The van der Waals surface area contributed by atoms with E-state index in [0.29, 0.717) is 11.1 Å². The maximum atomic E-state index is 12.6. The van der Waals surface area contributed by atoms with Crippen LogP contribution in [-0.2, 0) is 6.42 Å². The van der Waals surface area contributed by atoms with Crippen molar-refractivity contribution in [1.82, 2.24) is 5.32 Å². The number of aryl methyl sites for hydroxylation is 1. The van der Waals surface area contributed by atoms with Crippen molar-refractivity contribution in [3.63, 3.8) is 0 Å². The molecule has 4 heteroatoms. The zero-order valence-electron chi connectivity index (χ0n) is 13.6. The molecule has 1 atom stereocenters. The third-order valence-electron chi connectivity index (χ3n) is 4.30. The molecule has 4 nitrogen and oxygen atoms in total. The van der Waals surface area contributed by atoms with Gasteiger partial charge in [-0.25, -0.2) is 0 Å². The zero-order valence-corrected chi connectivity index (χ0v) is 13.6. The number of rotatable bonds is 2. The van der Waals surface area contributed by atoms with Gasteiger partial charge in [0.25, 0.3) is 5.91 Å². The number of carbonyl (C=O) groups excluding carboxylic acids is 1. The number of nitrogens with one attached hydrogen (secondary N) is 1. The predicted molar refractivity (Wildman–Crippen MR) is 86.9 cm³/mol. The standard InChI is InChI=1S/C19H20N2O2/c1-12-7-15-16(9-19(2,3)10-17(15)23-12)21-18(22)14-6-4-5-13(8-14)11-20/h4-8,16H,9-10H2,1-3H3,(H,21,22)/t16-/m1/s1. The lowest BCUT2D eigenvalue weighted by atomic mass is 9.74. The van der Waals surface area contributed by atoms with Crippen molar-refractivity contribution in [2.75, 3.05) is 0 Å². The molecule has 23 heavy (non-hydrogen) atoms. The molecular weight excluding hydrogens is 288 g/mol. The molecule has 1 aromatic carbocycles. The largest absolute Gasteiger partial charge is 0.466 e. The predicted octanol–water partition coefficient (Wildman–Crippen LogP) is 3.90. The quantitative estimate of drug-likeness (QED) is 0.915. The molecule has 1 N–H and O–H groups in total. The molecule has 1 aliphatic rings.